The molecule has 1 heterocycles. The summed E-state index contributed by atoms with van der Waals surface area (Å²) in [7, 11) is 0. The third-order valence-corrected chi connectivity index (χ3v) is 4.02. The van der Waals surface area contributed by atoms with Crippen LogP contribution in [0.5, 0.6) is 5.75 Å². The number of pyridine rings is 1. The first-order chi connectivity index (χ1) is 10.1. The van der Waals surface area contributed by atoms with Crippen LogP contribution in [0.25, 0.3) is 0 Å². The van der Waals surface area contributed by atoms with Crippen LogP contribution in [-0.2, 0) is 0 Å². The highest BCUT2D eigenvalue weighted by Crippen LogP contribution is 2.23. The zero-order valence-electron chi connectivity index (χ0n) is 11.9. The summed E-state index contributed by atoms with van der Waals surface area (Å²) in [5, 5.41) is 10.7. The SMILES string of the molecule is Cc1cc(C)c(C#N)c(SCCOc2ccc(Cl)cc2)n1. The van der Waals surface area contributed by atoms with Crippen LogP contribution < -0.4 is 4.74 Å². The van der Waals surface area contributed by atoms with Crippen molar-refractivity contribution in [1.82, 2.24) is 4.98 Å². The lowest BCUT2D eigenvalue weighted by Crippen LogP contribution is -2.02. The highest BCUT2D eigenvalue weighted by molar-refractivity contribution is 7.99. The topological polar surface area (TPSA) is 45.9 Å². The van der Waals surface area contributed by atoms with Crippen molar-refractivity contribution in [3.8, 4) is 11.8 Å². The van der Waals surface area contributed by atoms with E-state index in [1.807, 2.05) is 32.0 Å². The molecule has 0 saturated heterocycles. The van der Waals surface area contributed by atoms with E-state index in [0.717, 1.165) is 27.8 Å². The lowest BCUT2D eigenvalue weighted by Gasteiger charge is -2.08. The van der Waals surface area contributed by atoms with Gasteiger partial charge in [-0.3, -0.25) is 0 Å². The second-order valence-corrected chi connectivity index (χ2v) is 6.04. The Morgan fingerprint density at radius 3 is 2.67 bits per heavy atom. The molecular weight excluding hydrogens is 304 g/mol. The van der Waals surface area contributed by atoms with Crippen LogP contribution >= 0.6 is 23.4 Å². The Bertz CT molecular complexity index is 665. The van der Waals surface area contributed by atoms with E-state index in [9.17, 15) is 5.26 Å². The maximum Gasteiger partial charge on any atom is 0.119 e. The zero-order chi connectivity index (χ0) is 15.2. The van der Waals surface area contributed by atoms with Crippen LogP contribution in [-0.4, -0.2) is 17.3 Å². The number of aromatic nitrogens is 1. The summed E-state index contributed by atoms with van der Waals surface area (Å²) in [5.41, 5.74) is 2.54. The van der Waals surface area contributed by atoms with Gasteiger partial charge in [-0.25, -0.2) is 4.98 Å². The van der Waals surface area contributed by atoms with Crippen LogP contribution in [0.2, 0.25) is 5.02 Å². The number of benzene rings is 1. The molecule has 2 aromatic rings. The quantitative estimate of drug-likeness (QED) is 0.605. The second-order valence-electron chi connectivity index (χ2n) is 4.52. The lowest BCUT2D eigenvalue weighted by molar-refractivity contribution is 0.344. The minimum Gasteiger partial charge on any atom is -0.493 e. The fraction of sp³-hybridized carbons (Fsp3) is 0.250. The highest BCUT2D eigenvalue weighted by Gasteiger charge is 2.09. The van der Waals surface area contributed by atoms with Gasteiger partial charge in [-0.05, 0) is 49.7 Å². The standard InChI is InChI=1S/C16H15ClN2OS/c1-11-9-12(2)19-16(15(11)10-18)21-8-7-20-14-5-3-13(17)4-6-14/h3-6,9H,7-8H2,1-2H3. The van der Waals surface area contributed by atoms with Crippen molar-refractivity contribution < 1.29 is 4.74 Å². The highest BCUT2D eigenvalue weighted by atomic mass is 35.5. The Labute approximate surface area is 133 Å². The largest absolute Gasteiger partial charge is 0.493 e. The molecule has 5 heteroatoms. The van der Waals surface area contributed by atoms with E-state index in [-0.39, 0.29) is 0 Å². The van der Waals surface area contributed by atoms with Gasteiger partial charge in [0.25, 0.3) is 0 Å². The summed E-state index contributed by atoms with van der Waals surface area (Å²) in [6.07, 6.45) is 0. The van der Waals surface area contributed by atoms with Crippen molar-refractivity contribution in [3.63, 3.8) is 0 Å². The van der Waals surface area contributed by atoms with Crippen molar-refractivity contribution in [3.05, 3.63) is 52.2 Å². The number of rotatable bonds is 5. The van der Waals surface area contributed by atoms with Crippen molar-refractivity contribution in [2.45, 2.75) is 18.9 Å². The Morgan fingerprint density at radius 1 is 1.29 bits per heavy atom. The molecule has 2 rings (SSSR count). The van der Waals surface area contributed by atoms with E-state index >= 15 is 0 Å². The van der Waals surface area contributed by atoms with Crippen LogP contribution in [0.3, 0.4) is 0 Å². The zero-order valence-corrected chi connectivity index (χ0v) is 13.5. The Balaban J connectivity index is 1.92. The number of nitrogens with zero attached hydrogens (tertiary/aromatic N) is 2. The predicted octanol–water partition coefficient (Wildman–Crippen LogP) is 4.39. The average molecular weight is 319 g/mol. The first-order valence-corrected chi connectivity index (χ1v) is 7.86. The number of hydrogen-bond donors (Lipinski definition) is 0. The first-order valence-electron chi connectivity index (χ1n) is 6.49. The molecule has 108 valence electrons. The molecule has 0 N–H and O–H groups in total. The monoisotopic (exact) mass is 318 g/mol. The molecule has 0 radical (unpaired) electrons. The molecule has 0 aliphatic rings. The molecule has 0 unspecified atom stereocenters. The number of thioether (sulfide) groups is 1. The predicted molar refractivity (Wildman–Crippen MR) is 86.1 cm³/mol. The molecule has 0 bridgehead atoms. The second kappa shape index (κ2) is 7.35. The van der Waals surface area contributed by atoms with Crippen LogP contribution in [0.15, 0.2) is 35.4 Å². The maximum atomic E-state index is 9.20. The van der Waals surface area contributed by atoms with E-state index in [0.29, 0.717) is 17.2 Å². The smallest absolute Gasteiger partial charge is 0.119 e. The summed E-state index contributed by atoms with van der Waals surface area (Å²) >= 11 is 7.36. The Hall–Kier alpha value is -1.70. The molecular formula is C16H15ClN2OS. The van der Waals surface area contributed by atoms with E-state index < -0.39 is 0 Å². The number of hydrogen-bond acceptors (Lipinski definition) is 4. The van der Waals surface area contributed by atoms with Gasteiger partial charge in [0.2, 0.25) is 0 Å². The molecule has 0 fully saturated rings. The Kier molecular flexibility index (Phi) is 5.49. The van der Waals surface area contributed by atoms with Crippen molar-refractivity contribution >= 4 is 23.4 Å². The third kappa shape index (κ3) is 4.38. The molecule has 0 spiro atoms. The lowest BCUT2D eigenvalue weighted by atomic mass is 10.1. The van der Waals surface area contributed by atoms with Gasteiger partial charge in [-0.2, -0.15) is 5.26 Å². The van der Waals surface area contributed by atoms with Gasteiger partial charge in [-0.15, -0.1) is 11.8 Å². The fourth-order valence-electron chi connectivity index (χ4n) is 1.87. The van der Waals surface area contributed by atoms with Gasteiger partial charge < -0.3 is 4.74 Å². The molecule has 0 amide bonds. The maximum absolute atomic E-state index is 9.20. The van der Waals surface area contributed by atoms with E-state index in [1.54, 1.807) is 12.1 Å². The van der Waals surface area contributed by atoms with Gasteiger partial charge in [0.05, 0.1) is 12.2 Å². The van der Waals surface area contributed by atoms with Gasteiger partial charge in [-0.1, -0.05) is 11.6 Å². The minimum atomic E-state index is 0.547. The van der Waals surface area contributed by atoms with Gasteiger partial charge in [0, 0.05) is 16.5 Å². The molecule has 21 heavy (non-hydrogen) atoms. The number of aryl methyl sites for hydroxylation is 2. The van der Waals surface area contributed by atoms with Crippen LogP contribution in [0.1, 0.15) is 16.8 Å². The van der Waals surface area contributed by atoms with Crippen LogP contribution in [0.4, 0.5) is 0 Å². The molecule has 1 aromatic heterocycles. The average Bonchev–Trinajstić information content (AvgIpc) is 2.45. The summed E-state index contributed by atoms with van der Waals surface area (Å²) in [4.78, 5) is 4.43. The molecule has 1 aromatic carbocycles. The Morgan fingerprint density at radius 2 is 2.00 bits per heavy atom. The fourth-order valence-corrected chi connectivity index (χ4v) is 2.92. The molecule has 0 aliphatic heterocycles. The first kappa shape index (κ1) is 15.7. The van der Waals surface area contributed by atoms with E-state index in [1.165, 1.54) is 11.8 Å². The molecule has 0 atom stereocenters. The van der Waals surface area contributed by atoms with Crippen molar-refractivity contribution in [1.29, 1.82) is 5.26 Å². The molecule has 0 saturated carbocycles. The van der Waals surface area contributed by atoms with Gasteiger partial charge in [0.15, 0.2) is 0 Å². The summed E-state index contributed by atoms with van der Waals surface area (Å²) in [5.74, 6) is 1.52. The summed E-state index contributed by atoms with van der Waals surface area (Å²) < 4.78 is 5.63. The minimum absolute atomic E-state index is 0.547. The van der Waals surface area contributed by atoms with Gasteiger partial charge in [0.1, 0.15) is 16.8 Å². The van der Waals surface area contributed by atoms with Crippen molar-refractivity contribution in [2.24, 2.45) is 0 Å². The number of nitriles is 1. The normalized spacial score (nSPS) is 10.2. The van der Waals surface area contributed by atoms with Crippen LogP contribution in [0, 0.1) is 25.2 Å². The number of ether oxygens (including phenoxy) is 1. The van der Waals surface area contributed by atoms with E-state index in [4.69, 9.17) is 16.3 Å². The molecule has 3 nitrogen and oxygen atoms in total. The third-order valence-electron chi connectivity index (χ3n) is 2.83. The van der Waals surface area contributed by atoms with Gasteiger partial charge >= 0.3 is 0 Å². The van der Waals surface area contributed by atoms with E-state index in [2.05, 4.69) is 11.1 Å². The van der Waals surface area contributed by atoms with Crippen molar-refractivity contribution in [2.75, 3.05) is 12.4 Å². The summed E-state index contributed by atoms with van der Waals surface area (Å²) in [6, 6.07) is 11.4. The number of halogens is 1. The summed E-state index contributed by atoms with van der Waals surface area (Å²) in [6.45, 7) is 4.41. The molecule has 0 aliphatic carbocycles.